The molecule has 123 heavy (non-hydrogen) atoms. The number of aromatic nitrogens is 8. The molecule has 1 unspecified atom stereocenters. The maximum absolute atomic E-state index is 14.6. The van der Waals surface area contributed by atoms with Crippen molar-refractivity contribution in [2.24, 2.45) is 0 Å². The Hall–Kier alpha value is -12.9. The molecule has 42 heteroatoms. The van der Waals surface area contributed by atoms with E-state index in [0.29, 0.717) is 61.5 Å². The largest absolute Gasteiger partial charge is 0.480 e. The lowest BCUT2D eigenvalue weighted by Gasteiger charge is -2.38. The van der Waals surface area contributed by atoms with Crippen molar-refractivity contribution in [1.82, 2.24) is 71.8 Å². The molecular weight excluding hydrogens is 1630 g/mol. The van der Waals surface area contributed by atoms with Crippen LogP contribution in [0.25, 0.3) is 33.2 Å². The standard InChI is InChI=1S/C81H94N16O25S/c1-7-46-35(2)49-29-54-61(39(6)99)37(4)51(91-54)27-50-36(3)47(65(93-50)64-63(56(101)33-98)68(105)62-38(5)52(94-66(62)64)28-53(46)90-49)15-18-58(102)83-21-22-86-81(116)120-34-40-10-17-57(121-79-71(108)69(106)70(107)72(122-79)78(114)115)42(25-40)26-45(100)9-8-20-85-75(110)55(30-60(104)84-23-24-123(117,118)119)92-59(103)19-16-48(77(112)113)95-74(109)41-11-13-43(14-12-41)87-31-44-32-88-73-67(89-44)76(111)97-80(82)96-73/h10-14,17,25,27-29,32,35-36,46-48,55,63,69-72,79,87,91,94,98,106-108H,7-9,15-16,18-24,26,30-31,33-34H2,1-6H3,(H,83,102)(H,84,104)(H,85,110)(H,86,116)(H,92,103)(H,95,109)(H,112,113)(H,114,115)(H,117,118,119)(H3,82,88,96,97,111)/t35-,36+,46-,47+,48+,55+,63?,69-,70-,71+,72-,79-/m1/s1. The summed E-state index contributed by atoms with van der Waals surface area (Å²) in [6.07, 6.45) is -12.1. The number of carboxylic acids is 2. The van der Waals surface area contributed by atoms with Crippen LogP contribution in [-0.2, 0) is 77.5 Å². The fourth-order valence-corrected chi connectivity index (χ4v) is 15.7. The zero-order chi connectivity index (χ0) is 89.2. The van der Waals surface area contributed by atoms with Gasteiger partial charge in [-0.1, -0.05) is 26.8 Å². The van der Waals surface area contributed by atoms with Gasteiger partial charge in [0.15, 0.2) is 34.6 Å². The van der Waals surface area contributed by atoms with Crippen LogP contribution in [0.3, 0.4) is 0 Å². The van der Waals surface area contributed by atoms with Gasteiger partial charge >= 0.3 is 18.0 Å². The lowest BCUT2D eigenvalue weighted by atomic mass is 9.83. The molecule has 7 aromatic rings. The molecule has 654 valence electrons. The number of carbonyl (C=O) groups is 12. The molecule has 1 fully saturated rings. The average Bonchev–Trinajstić information content (AvgIpc) is 1.56. The van der Waals surface area contributed by atoms with Crippen molar-refractivity contribution in [3.8, 4) is 5.75 Å². The highest BCUT2D eigenvalue weighted by Gasteiger charge is 2.49. The molecule has 1 aliphatic carbocycles. The fourth-order valence-electron chi connectivity index (χ4n) is 15.3. The number of aliphatic hydroxyl groups is 4. The van der Waals surface area contributed by atoms with Crippen LogP contribution < -0.4 is 53.2 Å². The quantitative estimate of drug-likeness (QED) is 0.0115. The number of aromatic amines is 3. The van der Waals surface area contributed by atoms with E-state index in [0.717, 1.165) is 17.8 Å². The molecule has 2 aromatic carbocycles. The van der Waals surface area contributed by atoms with E-state index in [1.807, 2.05) is 32.0 Å². The van der Waals surface area contributed by atoms with Crippen LogP contribution in [0.2, 0.25) is 0 Å². The first-order valence-corrected chi connectivity index (χ1v) is 41.1. The summed E-state index contributed by atoms with van der Waals surface area (Å²) in [6, 6.07) is 11.9. The summed E-state index contributed by atoms with van der Waals surface area (Å²) in [5.74, 6) is -13.3. The van der Waals surface area contributed by atoms with Crippen molar-refractivity contribution in [3.63, 3.8) is 0 Å². The fraction of sp³-hybridized carbons (Fsp3) is 0.432. The Morgan fingerprint density at radius 1 is 0.715 bits per heavy atom. The Bertz CT molecular complexity index is 5700. The van der Waals surface area contributed by atoms with Crippen LogP contribution in [-0.4, -0.2) is 236 Å². The van der Waals surface area contributed by atoms with Gasteiger partial charge in [-0.25, -0.2) is 24.4 Å². The summed E-state index contributed by atoms with van der Waals surface area (Å²) in [5, 5.41) is 79.6. The molecule has 4 aliphatic rings. The number of fused-ring (bicyclic) bond motifs is 9. The molecule has 5 aromatic heterocycles. The van der Waals surface area contributed by atoms with Gasteiger partial charge in [0.25, 0.3) is 21.6 Å². The van der Waals surface area contributed by atoms with Gasteiger partial charge in [-0.15, -0.1) is 0 Å². The number of carbonyl (C=O) groups excluding carboxylic acids is 10. The third-order valence-corrected chi connectivity index (χ3v) is 22.6. The molecule has 8 heterocycles. The predicted molar refractivity (Wildman–Crippen MR) is 435 cm³/mol. The second-order valence-corrected chi connectivity index (χ2v) is 31.9. The highest BCUT2D eigenvalue weighted by atomic mass is 32.2. The summed E-state index contributed by atoms with van der Waals surface area (Å²) in [5.41, 5.74) is 12.9. The Morgan fingerprint density at radius 3 is 2.11 bits per heavy atom. The predicted octanol–water partition coefficient (Wildman–Crippen LogP) is 2.03. The van der Waals surface area contributed by atoms with Crippen molar-refractivity contribution in [2.45, 2.75) is 185 Å². The minimum atomic E-state index is -4.56. The van der Waals surface area contributed by atoms with Gasteiger partial charge in [0.1, 0.15) is 61.1 Å². The number of Topliss-reactive ketones (excluding diaryl/α,β-unsaturated/α-hetero) is 4. The Balaban J connectivity index is 0.704. The number of rotatable bonds is 37. The number of anilines is 2. The molecular formula is C81H94N16O25S. The zero-order valence-corrected chi connectivity index (χ0v) is 68.3. The topological polar surface area (TPSA) is 647 Å². The molecule has 0 saturated carbocycles. The zero-order valence-electron chi connectivity index (χ0n) is 67.5. The Kier molecular flexibility index (Phi) is 29.1. The molecule has 12 atom stereocenters. The van der Waals surface area contributed by atoms with Crippen molar-refractivity contribution in [1.29, 1.82) is 0 Å². The first kappa shape index (κ1) is 90.9. The van der Waals surface area contributed by atoms with Crippen LogP contribution in [0, 0.1) is 13.8 Å². The Morgan fingerprint density at radius 2 is 1.41 bits per heavy atom. The molecule has 19 N–H and O–H groups in total. The molecule has 6 amide bonds. The number of ketones is 4. The highest BCUT2D eigenvalue weighted by Crippen LogP contribution is 2.49. The van der Waals surface area contributed by atoms with Crippen molar-refractivity contribution >= 4 is 126 Å². The van der Waals surface area contributed by atoms with Gasteiger partial charge < -0.3 is 97.8 Å². The number of nitrogens with two attached hydrogens (primary N) is 1. The van der Waals surface area contributed by atoms with E-state index in [-0.39, 0.29) is 120 Å². The van der Waals surface area contributed by atoms with Crippen LogP contribution in [0.5, 0.6) is 5.75 Å². The maximum atomic E-state index is 14.6. The number of aryl methyl sites for hydroxylation is 2. The smallest absolute Gasteiger partial charge is 0.407 e. The summed E-state index contributed by atoms with van der Waals surface area (Å²) in [7, 11) is -4.56. The third kappa shape index (κ3) is 21.7. The van der Waals surface area contributed by atoms with Gasteiger partial charge in [-0.2, -0.15) is 13.4 Å². The monoisotopic (exact) mass is 1720 g/mol. The first-order chi connectivity index (χ1) is 58.4. The number of aliphatic carboxylic acids is 2. The normalized spacial score (nSPS) is 19.6. The third-order valence-electron chi connectivity index (χ3n) is 21.8. The van der Waals surface area contributed by atoms with Crippen molar-refractivity contribution in [2.75, 3.05) is 49.6 Å². The van der Waals surface area contributed by atoms with E-state index in [1.54, 1.807) is 6.92 Å². The second-order valence-electron chi connectivity index (χ2n) is 30.3. The average molecular weight is 1720 g/mol. The lowest BCUT2D eigenvalue weighted by molar-refractivity contribution is -0.271. The van der Waals surface area contributed by atoms with Crippen LogP contribution >= 0.6 is 0 Å². The number of H-pyrrole nitrogens is 3. The van der Waals surface area contributed by atoms with E-state index >= 15 is 0 Å². The van der Waals surface area contributed by atoms with Crippen LogP contribution in [0.15, 0.2) is 71.7 Å². The number of alkyl carbamates (subject to hydrolysis) is 1. The molecule has 11 rings (SSSR count). The summed E-state index contributed by atoms with van der Waals surface area (Å²) < 4.78 is 48.6. The molecule has 0 spiro atoms. The molecule has 41 nitrogen and oxygen atoms in total. The minimum absolute atomic E-state index is 0.0101. The van der Waals surface area contributed by atoms with Gasteiger partial charge in [-0.05, 0) is 118 Å². The highest BCUT2D eigenvalue weighted by molar-refractivity contribution is 7.85. The number of carboxylic acid groups (broad SMARTS) is 2. The number of hydrogen-bond acceptors (Lipinski definition) is 29. The molecule has 3 aliphatic heterocycles. The SMILES string of the molecule is CC[C@H]1c2cc3[nH]c4c(c3C)C(=O)C(C(=O)CO)c4c3nc(cc4[nH]c(cc(n2)[C@@H]1C)c(C(C)=O)c4C)[C@@H](C)[C@@H]3CCC(=O)NCCNC(=O)OCc1ccc(O[C@@H]2O[C@@H](C(=O)O)[C@H](O)[C@@H](O)[C@@H]2O)c(CC(=O)CCCNC(=O)[C@H](CC(=O)NCCS(=O)(=O)O)NC(=O)CC[C@H](NC(=O)c2ccc(NCc3cnc4nc(N)[nH]c(=O)c4n3)cc2)C(=O)O)c1. The van der Waals surface area contributed by atoms with E-state index in [9.17, 15) is 106 Å². The van der Waals surface area contributed by atoms with Gasteiger partial charge in [0, 0.05) is 137 Å². The van der Waals surface area contributed by atoms with E-state index in [1.165, 1.54) is 55.6 Å². The number of benzene rings is 2. The summed E-state index contributed by atoms with van der Waals surface area (Å²) in [4.78, 5) is 205. The lowest BCUT2D eigenvalue weighted by Crippen LogP contribution is -2.61. The first-order valence-electron chi connectivity index (χ1n) is 39.4. The van der Waals surface area contributed by atoms with Crippen LogP contribution in [0.1, 0.15) is 196 Å². The van der Waals surface area contributed by atoms with Gasteiger partial charge in [0.05, 0.1) is 47.3 Å². The number of nitrogen functional groups attached to an aromatic ring is 1. The van der Waals surface area contributed by atoms with E-state index in [2.05, 4.69) is 81.0 Å². The molecule has 1 saturated heterocycles. The van der Waals surface area contributed by atoms with E-state index < -0.39 is 192 Å². The summed E-state index contributed by atoms with van der Waals surface area (Å²) >= 11 is 0. The maximum Gasteiger partial charge on any atom is 0.407 e. The Labute approximate surface area is 700 Å². The number of ether oxygens (including phenoxy) is 3. The van der Waals surface area contributed by atoms with E-state index in [4.69, 9.17) is 29.9 Å². The van der Waals surface area contributed by atoms with Gasteiger partial charge in [0.2, 0.25) is 35.9 Å². The number of amides is 6. The second kappa shape index (κ2) is 39.3. The summed E-state index contributed by atoms with van der Waals surface area (Å²) in [6.45, 7) is 8.60. The van der Waals surface area contributed by atoms with Crippen LogP contribution in [0.4, 0.5) is 16.4 Å². The number of hydrogen-bond donors (Lipinski definition) is 18. The number of aliphatic hydroxyl groups excluding tert-OH is 4. The number of nitrogens with zero attached hydrogens (tertiary/aromatic N) is 5. The molecule has 0 radical (unpaired) electrons. The van der Waals surface area contributed by atoms with Crippen molar-refractivity contribution < 1.29 is 115 Å². The minimum Gasteiger partial charge on any atom is -0.480 e. The molecule has 8 bridgehead atoms. The van der Waals surface area contributed by atoms with Gasteiger partial charge in [-0.3, -0.25) is 67.5 Å². The number of nitrogens with one attached hydrogen (secondary N) is 10. The van der Waals surface area contributed by atoms with Crippen molar-refractivity contribution in [3.05, 3.63) is 150 Å².